The van der Waals surface area contributed by atoms with E-state index in [9.17, 15) is 0 Å². The molecular weight excluding hydrogens is 258 g/mol. The minimum Gasteiger partial charge on any atom is -0.339 e. The highest BCUT2D eigenvalue weighted by molar-refractivity contribution is 7.99. The smallest absolute Gasteiger partial charge is 0.226 e. The van der Waals surface area contributed by atoms with Gasteiger partial charge in [0.2, 0.25) is 5.89 Å². The Hall–Kier alpha value is -0.550. The molecule has 2 rings (SSSR count). The highest BCUT2D eigenvalue weighted by atomic mass is 32.2. The number of nitrogens with one attached hydrogen (secondary N) is 1. The normalized spacial score (nSPS) is 18.0. The predicted octanol–water partition coefficient (Wildman–Crippen LogP) is 3.18. The molecular formula is C14H25N3OS. The summed E-state index contributed by atoms with van der Waals surface area (Å²) in [6, 6.07) is 0.508. The van der Waals surface area contributed by atoms with E-state index in [2.05, 4.69) is 29.3 Å². The van der Waals surface area contributed by atoms with Gasteiger partial charge in [-0.25, -0.2) is 0 Å². The van der Waals surface area contributed by atoms with Crippen LogP contribution in [0.5, 0.6) is 0 Å². The van der Waals surface area contributed by atoms with E-state index in [1.807, 2.05) is 11.8 Å². The molecule has 1 unspecified atom stereocenters. The summed E-state index contributed by atoms with van der Waals surface area (Å²) < 4.78 is 5.31. The molecule has 1 atom stereocenters. The fraction of sp³-hybridized carbons (Fsp3) is 0.857. The first-order chi connectivity index (χ1) is 9.28. The van der Waals surface area contributed by atoms with Crippen LogP contribution in [-0.4, -0.2) is 28.0 Å². The molecule has 0 saturated heterocycles. The fourth-order valence-corrected chi connectivity index (χ4v) is 3.66. The molecule has 1 heterocycles. The molecule has 0 amide bonds. The largest absolute Gasteiger partial charge is 0.339 e. The lowest BCUT2D eigenvalue weighted by molar-refractivity contribution is 0.364. The summed E-state index contributed by atoms with van der Waals surface area (Å²) in [5.74, 6) is 2.55. The zero-order chi connectivity index (χ0) is 13.5. The molecule has 1 aliphatic rings. The monoisotopic (exact) mass is 283 g/mol. The van der Waals surface area contributed by atoms with Crippen LogP contribution < -0.4 is 5.32 Å². The van der Waals surface area contributed by atoms with Crippen LogP contribution in [0.3, 0.4) is 0 Å². The van der Waals surface area contributed by atoms with Crippen LogP contribution in [0, 0.1) is 0 Å². The highest BCUT2D eigenvalue weighted by Gasteiger charge is 2.16. The summed E-state index contributed by atoms with van der Waals surface area (Å²) in [5, 5.41) is 8.28. The van der Waals surface area contributed by atoms with Crippen LogP contribution in [0.25, 0.3) is 0 Å². The zero-order valence-corrected chi connectivity index (χ0v) is 12.8. The third-order valence-corrected chi connectivity index (χ3v) is 4.97. The molecule has 0 aliphatic heterocycles. The maximum absolute atomic E-state index is 5.31. The lowest BCUT2D eigenvalue weighted by Crippen LogP contribution is -2.25. The predicted molar refractivity (Wildman–Crippen MR) is 79.3 cm³/mol. The minimum absolute atomic E-state index is 0.508. The molecule has 4 nitrogen and oxygen atoms in total. The lowest BCUT2D eigenvalue weighted by atomic mass is 10.2. The summed E-state index contributed by atoms with van der Waals surface area (Å²) in [7, 11) is 0. The van der Waals surface area contributed by atoms with E-state index < -0.39 is 0 Å². The van der Waals surface area contributed by atoms with Crippen molar-refractivity contribution in [3.8, 4) is 0 Å². The molecule has 1 fully saturated rings. The third-order valence-electron chi connectivity index (χ3n) is 3.60. The molecule has 0 bridgehead atoms. The van der Waals surface area contributed by atoms with E-state index in [0.717, 1.165) is 42.1 Å². The number of aryl methyl sites for hydroxylation is 1. The van der Waals surface area contributed by atoms with Gasteiger partial charge in [0.05, 0.1) is 5.75 Å². The molecule has 1 aromatic heterocycles. The van der Waals surface area contributed by atoms with Crippen LogP contribution in [0.2, 0.25) is 0 Å². The molecule has 0 spiro atoms. The average molecular weight is 283 g/mol. The van der Waals surface area contributed by atoms with Gasteiger partial charge in [0.25, 0.3) is 0 Å². The zero-order valence-electron chi connectivity index (χ0n) is 12.0. The third kappa shape index (κ3) is 5.15. The van der Waals surface area contributed by atoms with Crippen molar-refractivity contribution in [3.63, 3.8) is 0 Å². The number of hydrogen-bond acceptors (Lipinski definition) is 5. The summed E-state index contributed by atoms with van der Waals surface area (Å²) in [4.78, 5) is 4.48. The van der Waals surface area contributed by atoms with Gasteiger partial charge in [-0.3, -0.25) is 0 Å². The van der Waals surface area contributed by atoms with Gasteiger partial charge in [0.15, 0.2) is 5.82 Å². The summed E-state index contributed by atoms with van der Waals surface area (Å²) in [6.07, 6.45) is 7.40. The molecule has 0 radical (unpaired) electrons. The van der Waals surface area contributed by atoms with Gasteiger partial charge in [-0.1, -0.05) is 24.9 Å². The summed E-state index contributed by atoms with van der Waals surface area (Å²) in [6.45, 7) is 5.33. The molecule has 19 heavy (non-hydrogen) atoms. The second kappa shape index (κ2) is 7.90. The molecule has 1 N–H and O–H groups in total. The quantitative estimate of drug-likeness (QED) is 0.794. The Morgan fingerprint density at radius 1 is 1.42 bits per heavy atom. The lowest BCUT2D eigenvalue weighted by Gasteiger charge is -2.09. The first-order valence-electron chi connectivity index (χ1n) is 7.44. The molecule has 5 heteroatoms. The number of aromatic nitrogens is 2. The van der Waals surface area contributed by atoms with E-state index in [0.29, 0.717) is 6.04 Å². The molecule has 1 saturated carbocycles. The van der Waals surface area contributed by atoms with E-state index in [1.54, 1.807) is 0 Å². The highest BCUT2D eigenvalue weighted by Crippen LogP contribution is 2.30. The van der Waals surface area contributed by atoms with Crippen LogP contribution >= 0.6 is 11.8 Å². The van der Waals surface area contributed by atoms with E-state index in [-0.39, 0.29) is 0 Å². The van der Waals surface area contributed by atoms with Crippen LogP contribution in [0.15, 0.2) is 4.52 Å². The Balaban J connectivity index is 1.69. The second-order valence-corrected chi connectivity index (χ2v) is 6.61. The van der Waals surface area contributed by atoms with Gasteiger partial charge in [-0.05, 0) is 32.7 Å². The van der Waals surface area contributed by atoms with Crippen molar-refractivity contribution < 1.29 is 4.52 Å². The van der Waals surface area contributed by atoms with Crippen LogP contribution in [0.4, 0.5) is 0 Å². The number of nitrogens with zero attached hydrogens (tertiary/aromatic N) is 2. The van der Waals surface area contributed by atoms with Crippen LogP contribution in [-0.2, 0) is 12.2 Å². The Kier molecular flexibility index (Phi) is 6.17. The number of hydrogen-bond donors (Lipinski definition) is 1. The molecule has 1 aromatic rings. The van der Waals surface area contributed by atoms with Gasteiger partial charge in [-0.15, -0.1) is 0 Å². The fourth-order valence-electron chi connectivity index (χ4n) is 2.49. The van der Waals surface area contributed by atoms with E-state index in [4.69, 9.17) is 4.52 Å². The van der Waals surface area contributed by atoms with E-state index in [1.165, 1.54) is 25.7 Å². The summed E-state index contributed by atoms with van der Waals surface area (Å²) >= 11 is 1.99. The summed E-state index contributed by atoms with van der Waals surface area (Å²) in [5.41, 5.74) is 0. The maximum Gasteiger partial charge on any atom is 0.226 e. The van der Waals surface area contributed by atoms with Crippen molar-refractivity contribution >= 4 is 11.8 Å². The van der Waals surface area contributed by atoms with Crippen molar-refractivity contribution in [2.24, 2.45) is 0 Å². The van der Waals surface area contributed by atoms with Gasteiger partial charge >= 0.3 is 0 Å². The Bertz CT molecular complexity index is 363. The van der Waals surface area contributed by atoms with Gasteiger partial charge < -0.3 is 9.84 Å². The number of rotatable bonds is 8. The van der Waals surface area contributed by atoms with Gasteiger partial charge in [-0.2, -0.15) is 16.7 Å². The van der Waals surface area contributed by atoms with Crippen molar-refractivity contribution in [3.05, 3.63) is 11.7 Å². The first-order valence-corrected chi connectivity index (χ1v) is 8.49. The molecule has 1 aliphatic carbocycles. The Labute approximate surface area is 120 Å². The van der Waals surface area contributed by atoms with Gasteiger partial charge in [0.1, 0.15) is 0 Å². The average Bonchev–Trinajstić information content (AvgIpc) is 3.06. The van der Waals surface area contributed by atoms with Crippen molar-refractivity contribution in [2.75, 3.05) is 6.54 Å². The topological polar surface area (TPSA) is 51.0 Å². The molecule has 108 valence electrons. The Morgan fingerprint density at radius 2 is 2.21 bits per heavy atom. The van der Waals surface area contributed by atoms with Crippen molar-refractivity contribution in [1.29, 1.82) is 0 Å². The first kappa shape index (κ1) is 14.9. The standard InChI is InChI=1S/C14H25N3OS/c1-3-15-11(2)8-9-14-16-13(17-18-14)10-19-12-6-4-5-7-12/h11-12,15H,3-10H2,1-2H3. The second-order valence-electron chi connectivity index (χ2n) is 5.32. The Morgan fingerprint density at radius 3 is 2.95 bits per heavy atom. The SMILES string of the molecule is CCNC(C)CCc1nc(CSC2CCCC2)no1. The van der Waals surface area contributed by atoms with Crippen molar-refractivity contribution in [1.82, 2.24) is 15.5 Å². The molecule has 0 aromatic carbocycles. The van der Waals surface area contributed by atoms with Crippen molar-refractivity contribution in [2.45, 2.75) is 69.4 Å². The van der Waals surface area contributed by atoms with Gasteiger partial charge in [0, 0.05) is 17.7 Å². The van der Waals surface area contributed by atoms with E-state index >= 15 is 0 Å². The van der Waals surface area contributed by atoms with Crippen LogP contribution in [0.1, 0.15) is 57.7 Å². The maximum atomic E-state index is 5.31. The minimum atomic E-state index is 0.508. The number of thioether (sulfide) groups is 1.